The SMILES string of the molecule is c1sc(N2CCCC2)nc1CNC1CC1. The molecule has 1 aromatic heterocycles. The van der Waals surface area contributed by atoms with E-state index < -0.39 is 0 Å². The number of hydrogen-bond acceptors (Lipinski definition) is 4. The molecule has 1 saturated carbocycles. The first-order valence-electron chi connectivity index (χ1n) is 5.84. The Morgan fingerprint density at radius 1 is 1.40 bits per heavy atom. The van der Waals surface area contributed by atoms with E-state index in [1.54, 1.807) is 11.3 Å². The highest BCUT2D eigenvalue weighted by Gasteiger charge is 2.21. The van der Waals surface area contributed by atoms with Gasteiger partial charge in [0.2, 0.25) is 0 Å². The van der Waals surface area contributed by atoms with Crippen LogP contribution in [0.25, 0.3) is 0 Å². The van der Waals surface area contributed by atoms with E-state index in [0.717, 1.165) is 12.6 Å². The minimum atomic E-state index is 0.780. The highest BCUT2D eigenvalue weighted by Crippen LogP contribution is 2.25. The van der Waals surface area contributed by atoms with Crippen molar-refractivity contribution >= 4 is 16.5 Å². The molecule has 0 amide bonds. The molecule has 2 heterocycles. The number of hydrogen-bond donors (Lipinski definition) is 1. The lowest BCUT2D eigenvalue weighted by Gasteiger charge is -2.12. The summed E-state index contributed by atoms with van der Waals surface area (Å²) in [5, 5.41) is 6.92. The third-order valence-electron chi connectivity index (χ3n) is 3.07. The minimum Gasteiger partial charge on any atom is -0.348 e. The van der Waals surface area contributed by atoms with Crippen LogP contribution in [0.2, 0.25) is 0 Å². The molecule has 2 fully saturated rings. The average Bonchev–Trinajstić information content (AvgIpc) is 2.78. The van der Waals surface area contributed by atoms with Crippen molar-refractivity contribution in [2.24, 2.45) is 0 Å². The molecule has 1 aromatic rings. The first-order chi connectivity index (χ1) is 7.42. The molecule has 3 nitrogen and oxygen atoms in total. The molecule has 0 spiro atoms. The van der Waals surface area contributed by atoms with Gasteiger partial charge in [-0.25, -0.2) is 4.98 Å². The summed E-state index contributed by atoms with van der Waals surface area (Å²) >= 11 is 1.79. The Morgan fingerprint density at radius 2 is 2.20 bits per heavy atom. The molecule has 0 bridgehead atoms. The summed E-state index contributed by atoms with van der Waals surface area (Å²) in [5.74, 6) is 0. The smallest absolute Gasteiger partial charge is 0.185 e. The summed E-state index contributed by atoms with van der Waals surface area (Å²) in [4.78, 5) is 7.08. The molecule has 2 aliphatic rings. The molecule has 1 aliphatic heterocycles. The van der Waals surface area contributed by atoms with Crippen LogP contribution < -0.4 is 10.2 Å². The zero-order valence-electron chi connectivity index (χ0n) is 8.91. The van der Waals surface area contributed by atoms with Crippen LogP contribution in [0.15, 0.2) is 5.38 Å². The molecule has 4 heteroatoms. The lowest BCUT2D eigenvalue weighted by molar-refractivity contribution is 0.677. The van der Waals surface area contributed by atoms with E-state index in [0.29, 0.717) is 0 Å². The normalized spacial score (nSPS) is 21.2. The van der Waals surface area contributed by atoms with E-state index in [-0.39, 0.29) is 0 Å². The van der Waals surface area contributed by atoms with Gasteiger partial charge in [0.1, 0.15) is 0 Å². The van der Waals surface area contributed by atoms with Crippen molar-refractivity contribution in [2.75, 3.05) is 18.0 Å². The Labute approximate surface area is 94.5 Å². The number of anilines is 1. The van der Waals surface area contributed by atoms with Gasteiger partial charge in [-0.2, -0.15) is 0 Å². The molecule has 82 valence electrons. The molecular formula is C11H17N3S. The molecule has 1 saturated heterocycles. The van der Waals surface area contributed by atoms with Crippen LogP contribution >= 0.6 is 11.3 Å². The second kappa shape index (κ2) is 4.10. The largest absolute Gasteiger partial charge is 0.348 e. The van der Waals surface area contributed by atoms with Gasteiger partial charge in [-0.15, -0.1) is 11.3 Å². The Bertz CT molecular complexity index is 326. The van der Waals surface area contributed by atoms with Crippen LogP contribution in [-0.2, 0) is 6.54 Å². The predicted octanol–water partition coefficient (Wildman–Crippen LogP) is 2.00. The summed E-state index contributed by atoms with van der Waals surface area (Å²) in [7, 11) is 0. The van der Waals surface area contributed by atoms with Crippen molar-refractivity contribution in [3.8, 4) is 0 Å². The van der Waals surface area contributed by atoms with Crippen LogP contribution in [0, 0.1) is 0 Å². The summed E-state index contributed by atoms with van der Waals surface area (Å²) in [6, 6.07) is 0.780. The van der Waals surface area contributed by atoms with E-state index in [1.807, 2.05) is 0 Å². The van der Waals surface area contributed by atoms with Crippen molar-refractivity contribution in [1.29, 1.82) is 0 Å². The summed E-state index contributed by atoms with van der Waals surface area (Å²) in [5.41, 5.74) is 1.22. The van der Waals surface area contributed by atoms with E-state index in [2.05, 4.69) is 20.6 Å². The van der Waals surface area contributed by atoms with Crippen molar-refractivity contribution < 1.29 is 0 Å². The highest BCUT2D eigenvalue weighted by molar-refractivity contribution is 7.13. The maximum atomic E-state index is 4.67. The molecule has 1 N–H and O–H groups in total. The van der Waals surface area contributed by atoms with Crippen LogP contribution in [0.4, 0.5) is 5.13 Å². The standard InChI is InChI=1S/C11H17N3S/c1-2-6-14(5-1)11-13-10(8-15-11)7-12-9-3-4-9/h8-9,12H,1-7H2. The molecule has 0 radical (unpaired) electrons. The van der Waals surface area contributed by atoms with Gasteiger partial charge in [0.25, 0.3) is 0 Å². The van der Waals surface area contributed by atoms with Crippen molar-refractivity contribution in [2.45, 2.75) is 38.3 Å². The number of nitrogens with one attached hydrogen (secondary N) is 1. The van der Waals surface area contributed by atoms with Crippen LogP contribution in [0.3, 0.4) is 0 Å². The monoisotopic (exact) mass is 223 g/mol. The van der Waals surface area contributed by atoms with Gasteiger partial charge in [0.15, 0.2) is 5.13 Å². The van der Waals surface area contributed by atoms with Gasteiger partial charge in [0.05, 0.1) is 5.69 Å². The molecule has 0 unspecified atom stereocenters. The number of thiazole rings is 1. The van der Waals surface area contributed by atoms with E-state index in [4.69, 9.17) is 0 Å². The first-order valence-corrected chi connectivity index (χ1v) is 6.72. The second-order valence-corrected chi connectivity index (χ2v) is 5.31. The van der Waals surface area contributed by atoms with Crippen molar-refractivity contribution in [3.63, 3.8) is 0 Å². The van der Waals surface area contributed by atoms with Crippen LogP contribution in [-0.4, -0.2) is 24.1 Å². The topological polar surface area (TPSA) is 28.2 Å². The summed E-state index contributed by atoms with van der Waals surface area (Å²) in [6.45, 7) is 3.35. The highest BCUT2D eigenvalue weighted by atomic mass is 32.1. The molecule has 0 aromatic carbocycles. The number of nitrogens with zero attached hydrogens (tertiary/aromatic N) is 2. The minimum absolute atomic E-state index is 0.780. The van der Waals surface area contributed by atoms with Crippen LogP contribution in [0.1, 0.15) is 31.4 Å². The summed E-state index contributed by atoms with van der Waals surface area (Å²) in [6.07, 6.45) is 5.36. The van der Waals surface area contributed by atoms with E-state index in [1.165, 1.54) is 49.6 Å². The molecule has 0 atom stereocenters. The maximum absolute atomic E-state index is 4.67. The van der Waals surface area contributed by atoms with Gasteiger partial charge in [-0.3, -0.25) is 0 Å². The Kier molecular flexibility index (Phi) is 2.63. The zero-order chi connectivity index (χ0) is 10.1. The van der Waals surface area contributed by atoms with E-state index in [9.17, 15) is 0 Å². The molecular weight excluding hydrogens is 206 g/mol. The maximum Gasteiger partial charge on any atom is 0.185 e. The van der Waals surface area contributed by atoms with Gasteiger partial charge in [-0.1, -0.05) is 0 Å². The lowest BCUT2D eigenvalue weighted by atomic mass is 10.4. The van der Waals surface area contributed by atoms with Gasteiger partial charge >= 0.3 is 0 Å². The second-order valence-electron chi connectivity index (χ2n) is 4.47. The van der Waals surface area contributed by atoms with Crippen molar-refractivity contribution in [1.82, 2.24) is 10.3 Å². The summed E-state index contributed by atoms with van der Waals surface area (Å²) < 4.78 is 0. The van der Waals surface area contributed by atoms with Gasteiger partial charge in [-0.05, 0) is 25.7 Å². The lowest BCUT2D eigenvalue weighted by Crippen LogP contribution is -2.18. The first kappa shape index (κ1) is 9.60. The third-order valence-corrected chi connectivity index (χ3v) is 4.02. The fourth-order valence-electron chi connectivity index (χ4n) is 1.97. The average molecular weight is 223 g/mol. The van der Waals surface area contributed by atoms with Crippen LogP contribution in [0.5, 0.6) is 0 Å². The Hall–Kier alpha value is -0.610. The quantitative estimate of drug-likeness (QED) is 0.846. The Morgan fingerprint density at radius 3 is 2.93 bits per heavy atom. The number of aromatic nitrogens is 1. The van der Waals surface area contributed by atoms with Gasteiger partial charge in [0, 0.05) is 31.1 Å². The Balaban J connectivity index is 1.59. The third kappa shape index (κ3) is 2.32. The van der Waals surface area contributed by atoms with Crippen molar-refractivity contribution in [3.05, 3.63) is 11.1 Å². The molecule has 1 aliphatic carbocycles. The zero-order valence-corrected chi connectivity index (χ0v) is 9.72. The molecule has 3 rings (SSSR count). The fourth-order valence-corrected chi connectivity index (χ4v) is 2.85. The van der Waals surface area contributed by atoms with Gasteiger partial charge < -0.3 is 10.2 Å². The van der Waals surface area contributed by atoms with E-state index >= 15 is 0 Å². The fraction of sp³-hybridized carbons (Fsp3) is 0.727. The number of rotatable bonds is 4. The predicted molar refractivity (Wildman–Crippen MR) is 63.4 cm³/mol. The molecule has 15 heavy (non-hydrogen) atoms.